The monoisotopic (exact) mass is 260 g/mol. The van der Waals surface area contributed by atoms with Gasteiger partial charge in [-0.2, -0.15) is 0 Å². The first-order chi connectivity index (χ1) is 9.24. The molecule has 1 aliphatic rings. The summed E-state index contributed by atoms with van der Waals surface area (Å²) in [6.45, 7) is 5.82. The molecule has 1 heterocycles. The van der Waals surface area contributed by atoms with E-state index < -0.39 is 0 Å². The van der Waals surface area contributed by atoms with E-state index in [0.29, 0.717) is 11.7 Å². The molecule has 0 aliphatic carbocycles. The van der Waals surface area contributed by atoms with Gasteiger partial charge in [-0.05, 0) is 24.3 Å². The van der Waals surface area contributed by atoms with Crippen molar-refractivity contribution in [2.24, 2.45) is 11.8 Å². The Morgan fingerprint density at radius 3 is 2.47 bits per heavy atom. The normalized spacial score (nSPS) is 19.9. The van der Waals surface area contributed by atoms with Crippen molar-refractivity contribution in [3.63, 3.8) is 0 Å². The van der Waals surface area contributed by atoms with Crippen LogP contribution in [0.2, 0.25) is 0 Å². The van der Waals surface area contributed by atoms with Gasteiger partial charge < -0.3 is 4.74 Å². The Balaban J connectivity index is 2.20. The van der Waals surface area contributed by atoms with Crippen molar-refractivity contribution in [3.8, 4) is 0 Å². The Morgan fingerprint density at radius 2 is 1.89 bits per heavy atom. The van der Waals surface area contributed by atoms with Gasteiger partial charge in [-0.1, -0.05) is 50.6 Å². The highest BCUT2D eigenvalue weighted by Gasteiger charge is 2.32. The first-order valence-electron chi connectivity index (χ1n) is 7.40. The molecule has 1 fully saturated rings. The zero-order valence-electron chi connectivity index (χ0n) is 12.0. The maximum absolute atomic E-state index is 12.8. The van der Waals surface area contributed by atoms with E-state index >= 15 is 0 Å². The van der Waals surface area contributed by atoms with Crippen LogP contribution < -0.4 is 0 Å². The number of carbonyl (C=O) groups excluding carboxylic acids is 1. The number of hydrogen-bond donors (Lipinski definition) is 0. The first kappa shape index (κ1) is 14.3. The second-order valence-corrected chi connectivity index (χ2v) is 5.56. The van der Waals surface area contributed by atoms with Gasteiger partial charge >= 0.3 is 0 Å². The smallest absolute Gasteiger partial charge is 0.143 e. The van der Waals surface area contributed by atoms with Crippen molar-refractivity contribution in [3.05, 3.63) is 35.9 Å². The quantitative estimate of drug-likeness (QED) is 0.804. The maximum Gasteiger partial charge on any atom is 0.143 e. The number of rotatable bonds is 5. The van der Waals surface area contributed by atoms with Gasteiger partial charge in [0.15, 0.2) is 0 Å². The van der Waals surface area contributed by atoms with Gasteiger partial charge in [0.1, 0.15) is 5.78 Å². The number of benzene rings is 1. The molecule has 2 heteroatoms. The zero-order valence-corrected chi connectivity index (χ0v) is 12.0. The van der Waals surface area contributed by atoms with Crippen molar-refractivity contribution >= 4 is 5.78 Å². The molecule has 1 aliphatic heterocycles. The molecule has 104 valence electrons. The summed E-state index contributed by atoms with van der Waals surface area (Å²) in [5, 5.41) is 0. The van der Waals surface area contributed by atoms with Crippen molar-refractivity contribution in [1.29, 1.82) is 0 Å². The summed E-state index contributed by atoms with van der Waals surface area (Å²) in [6.07, 6.45) is 2.81. The van der Waals surface area contributed by atoms with E-state index in [4.69, 9.17) is 4.74 Å². The van der Waals surface area contributed by atoms with Crippen LogP contribution in [0.15, 0.2) is 30.3 Å². The standard InChI is InChI=1S/C17H24O2/c1-3-13(2)16(14-7-5-4-6-8-14)17(18)15-9-11-19-12-10-15/h4-8,13,15-16H,3,9-12H2,1-2H3. The zero-order chi connectivity index (χ0) is 13.7. The van der Waals surface area contributed by atoms with Crippen LogP contribution in [0.3, 0.4) is 0 Å². The van der Waals surface area contributed by atoms with Crippen LogP contribution >= 0.6 is 0 Å². The van der Waals surface area contributed by atoms with Gasteiger partial charge in [-0.25, -0.2) is 0 Å². The van der Waals surface area contributed by atoms with E-state index in [2.05, 4.69) is 26.0 Å². The van der Waals surface area contributed by atoms with Crippen LogP contribution in [0.25, 0.3) is 0 Å². The fourth-order valence-corrected chi connectivity index (χ4v) is 2.91. The molecule has 0 radical (unpaired) electrons. The fourth-order valence-electron chi connectivity index (χ4n) is 2.91. The minimum Gasteiger partial charge on any atom is -0.381 e. The number of Topliss-reactive ketones (excluding diaryl/α,β-unsaturated/α-hetero) is 1. The van der Waals surface area contributed by atoms with Crippen LogP contribution in [0.5, 0.6) is 0 Å². The van der Waals surface area contributed by atoms with E-state index in [1.165, 1.54) is 5.56 Å². The summed E-state index contributed by atoms with van der Waals surface area (Å²) in [4.78, 5) is 12.8. The average Bonchev–Trinajstić information content (AvgIpc) is 2.49. The molecule has 2 unspecified atom stereocenters. The number of ether oxygens (including phenoxy) is 1. The summed E-state index contributed by atoms with van der Waals surface area (Å²) in [7, 11) is 0. The lowest BCUT2D eigenvalue weighted by molar-refractivity contribution is -0.128. The Bertz CT molecular complexity index is 393. The van der Waals surface area contributed by atoms with E-state index in [-0.39, 0.29) is 11.8 Å². The Labute approximate surface area is 116 Å². The third kappa shape index (κ3) is 3.44. The van der Waals surface area contributed by atoms with Crippen molar-refractivity contribution < 1.29 is 9.53 Å². The molecular formula is C17H24O2. The summed E-state index contributed by atoms with van der Waals surface area (Å²) < 4.78 is 5.37. The van der Waals surface area contributed by atoms with Gasteiger partial charge in [0.25, 0.3) is 0 Å². The van der Waals surface area contributed by atoms with Gasteiger partial charge in [0.2, 0.25) is 0 Å². The maximum atomic E-state index is 12.8. The van der Waals surface area contributed by atoms with Crippen molar-refractivity contribution in [2.45, 2.75) is 39.0 Å². The van der Waals surface area contributed by atoms with E-state index in [1.54, 1.807) is 0 Å². The molecule has 0 aromatic heterocycles. The van der Waals surface area contributed by atoms with Crippen molar-refractivity contribution in [1.82, 2.24) is 0 Å². The second kappa shape index (κ2) is 6.85. The van der Waals surface area contributed by atoms with E-state index in [1.807, 2.05) is 18.2 Å². The Hall–Kier alpha value is -1.15. The van der Waals surface area contributed by atoms with Crippen LogP contribution in [-0.4, -0.2) is 19.0 Å². The summed E-state index contributed by atoms with van der Waals surface area (Å²) in [5.74, 6) is 1.06. The van der Waals surface area contributed by atoms with Crippen LogP contribution in [-0.2, 0) is 9.53 Å². The minimum absolute atomic E-state index is 0.0503. The van der Waals surface area contributed by atoms with Gasteiger partial charge in [0, 0.05) is 25.0 Å². The average molecular weight is 260 g/mol. The van der Waals surface area contributed by atoms with Crippen LogP contribution in [0.4, 0.5) is 0 Å². The minimum atomic E-state index is 0.0503. The third-order valence-corrected chi connectivity index (χ3v) is 4.30. The van der Waals surface area contributed by atoms with E-state index in [9.17, 15) is 4.79 Å². The highest BCUT2D eigenvalue weighted by molar-refractivity contribution is 5.88. The lowest BCUT2D eigenvalue weighted by atomic mass is 9.76. The van der Waals surface area contributed by atoms with Gasteiger partial charge in [-0.3, -0.25) is 4.79 Å². The van der Waals surface area contributed by atoms with Gasteiger partial charge in [-0.15, -0.1) is 0 Å². The molecule has 1 saturated heterocycles. The Morgan fingerprint density at radius 1 is 1.26 bits per heavy atom. The van der Waals surface area contributed by atoms with Gasteiger partial charge in [0.05, 0.1) is 0 Å². The second-order valence-electron chi connectivity index (χ2n) is 5.56. The lowest BCUT2D eigenvalue weighted by Crippen LogP contribution is -2.30. The summed E-state index contributed by atoms with van der Waals surface area (Å²) in [5.41, 5.74) is 1.17. The molecule has 2 atom stereocenters. The lowest BCUT2D eigenvalue weighted by Gasteiger charge is -2.29. The first-order valence-corrected chi connectivity index (χ1v) is 7.40. The third-order valence-electron chi connectivity index (χ3n) is 4.30. The fraction of sp³-hybridized carbons (Fsp3) is 0.588. The van der Waals surface area contributed by atoms with E-state index in [0.717, 1.165) is 32.5 Å². The molecule has 19 heavy (non-hydrogen) atoms. The molecule has 0 amide bonds. The highest BCUT2D eigenvalue weighted by Crippen LogP contribution is 2.33. The molecular weight excluding hydrogens is 236 g/mol. The number of hydrogen-bond acceptors (Lipinski definition) is 2. The summed E-state index contributed by atoms with van der Waals surface area (Å²) in [6, 6.07) is 10.3. The molecule has 2 nitrogen and oxygen atoms in total. The summed E-state index contributed by atoms with van der Waals surface area (Å²) >= 11 is 0. The highest BCUT2D eigenvalue weighted by atomic mass is 16.5. The van der Waals surface area contributed by atoms with Crippen LogP contribution in [0.1, 0.15) is 44.6 Å². The number of carbonyl (C=O) groups is 1. The SMILES string of the molecule is CCC(C)C(C(=O)C1CCOCC1)c1ccccc1. The molecule has 0 saturated carbocycles. The van der Waals surface area contributed by atoms with Crippen LogP contribution in [0, 0.1) is 11.8 Å². The predicted octanol–water partition coefficient (Wildman–Crippen LogP) is 3.81. The molecule has 1 aromatic rings. The largest absolute Gasteiger partial charge is 0.381 e. The van der Waals surface area contributed by atoms with Crippen molar-refractivity contribution in [2.75, 3.05) is 13.2 Å². The predicted molar refractivity (Wildman–Crippen MR) is 77.2 cm³/mol. The molecule has 1 aromatic carbocycles. The topological polar surface area (TPSA) is 26.3 Å². The Kier molecular flexibility index (Phi) is 5.15. The number of ketones is 1. The molecule has 2 rings (SSSR count). The molecule has 0 spiro atoms. The molecule has 0 N–H and O–H groups in total. The molecule has 0 bridgehead atoms.